The van der Waals surface area contributed by atoms with Crippen LogP contribution in [0.2, 0.25) is 0 Å². The largest absolute Gasteiger partial charge is 0.497 e. The number of ether oxygens (including phenoxy) is 2. The molecule has 2 N–H and O–H groups in total. The van der Waals surface area contributed by atoms with Crippen LogP contribution >= 0.6 is 0 Å². The van der Waals surface area contributed by atoms with Gasteiger partial charge in [-0.1, -0.05) is 24.3 Å². The lowest BCUT2D eigenvalue weighted by atomic mass is 9.90. The van der Waals surface area contributed by atoms with E-state index in [4.69, 9.17) is 15.2 Å². The smallest absolute Gasteiger partial charge is 0.307 e. The van der Waals surface area contributed by atoms with Crippen LogP contribution in [0.15, 0.2) is 36.4 Å². The van der Waals surface area contributed by atoms with E-state index in [1.807, 2.05) is 31.2 Å². The number of hydrogen-bond donors (Lipinski definition) is 1. The van der Waals surface area contributed by atoms with Crippen molar-refractivity contribution in [2.24, 2.45) is 5.73 Å². The third kappa shape index (κ3) is 3.95. The molecule has 1 unspecified atom stereocenters. The molecule has 0 heterocycles. The summed E-state index contributed by atoms with van der Waals surface area (Å²) in [6, 6.07) is 11.7. The molecule has 0 radical (unpaired) electrons. The van der Waals surface area contributed by atoms with Gasteiger partial charge >= 0.3 is 5.97 Å². The molecule has 0 fully saturated rings. The number of carbonyl (C=O) groups is 1. The highest BCUT2D eigenvalue weighted by atomic mass is 16.5. The summed E-state index contributed by atoms with van der Waals surface area (Å²) >= 11 is 0. The second-order valence-corrected chi connectivity index (χ2v) is 5.82. The zero-order chi connectivity index (χ0) is 17.7. The number of benzene rings is 2. The van der Waals surface area contributed by atoms with Crippen LogP contribution in [0, 0.1) is 13.8 Å². The predicted molar refractivity (Wildman–Crippen MR) is 96.1 cm³/mol. The first-order valence-corrected chi connectivity index (χ1v) is 8.13. The number of aryl methyl sites for hydroxylation is 1. The van der Waals surface area contributed by atoms with Crippen molar-refractivity contribution in [2.45, 2.75) is 33.2 Å². The Morgan fingerprint density at radius 1 is 1.17 bits per heavy atom. The molecule has 0 aliphatic heterocycles. The maximum Gasteiger partial charge on any atom is 0.307 e. The lowest BCUT2D eigenvalue weighted by Crippen LogP contribution is -2.18. The van der Waals surface area contributed by atoms with E-state index >= 15 is 0 Å². The van der Waals surface area contributed by atoms with Gasteiger partial charge in [-0.15, -0.1) is 0 Å². The van der Waals surface area contributed by atoms with Crippen LogP contribution < -0.4 is 10.5 Å². The normalized spacial score (nSPS) is 11.9. The zero-order valence-corrected chi connectivity index (χ0v) is 14.8. The van der Waals surface area contributed by atoms with E-state index in [1.54, 1.807) is 14.0 Å². The van der Waals surface area contributed by atoms with Crippen LogP contribution in [0.3, 0.4) is 0 Å². The van der Waals surface area contributed by atoms with Gasteiger partial charge in [-0.3, -0.25) is 4.79 Å². The standard InChI is InChI=1S/C20H25NO3/c1-5-24-20(22)12-19(21)18-11-15(23-4)10-17(14(18)3)16-9-7-6-8-13(16)2/h6-11,19H,5,12,21H2,1-4H3. The Morgan fingerprint density at radius 2 is 1.88 bits per heavy atom. The minimum absolute atomic E-state index is 0.148. The summed E-state index contributed by atoms with van der Waals surface area (Å²) in [5.74, 6) is 0.442. The molecule has 1 atom stereocenters. The zero-order valence-electron chi connectivity index (χ0n) is 14.8. The van der Waals surface area contributed by atoms with E-state index < -0.39 is 6.04 Å². The number of carbonyl (C=O) groups excluding carboxylic acids is 1. The van der Waals surface area contributed by atoms with Crippen LogP contribution in [0.1, 0.15) is 36.1 Å². The molecule has 24 heavy (non-hydrogen) atoms. The second-order valence-electron chi connectivity index (χ2n) is 5.82. The van der Waals surface area contributed by atoms with Crippen LogP contribution in [-0.4, -0.2) is 19.7 Å². The van der Waals surface area contributed by atoms with Crippen molar-refractivity contribution in [1.29, 1.82) is 0 Å². The highest BCUT2D eigenvalue weighted by Crippen LogP contribution is 2.35. The molecular formula is C20H25NO3. The minimum Gasteiger partial charge on any atom is -0.497 e. The van der Waals surface area contributed by atoms with E-state index in [0.717, 1.165) is 28.0 Å². The van der Waals surface area contributed by atoms with E-state index in [0.29, 0.717) is 6.61 Å². The molecule has 0 aliphatic rings. The van der Waals surface area contributed by atoms with E-state index in [9.17, 15) is 4.79 Å². The lowest BCUT2D eigenvalue weighted by Gasteiger charge is -2.19. The number of hydrogen-bond acceptors (Lipinski definition) is 4. The van der Waals surface area contributed by atoms with E-state index in [2.05, 4.69) is 19.1 Å². The number of methoxy groups -OCH3 is 1. The van der Waals surface area contributed by atoms with Gasteiger partial charge in [-0.2, -0.15) is 0 Å². The van der Waals surface area contributed by atoms with Crippen molar-refractivity contribution in [3.05, 3.63) is 53.1 Å². The van der Waals surface area contributed by atoms with Crippen molar-refractivity contribution < 1.29 is 14.3 Å². The molecule has 4 nitrogen and oxygen atoms in total. The van der Waals surface area contributed by atoms with Crippen LogP contribution in [0.5, 0.6) is 5.75 Å². The Labute approximate surface area is 143 Å². The summed E-state index contributed by atoms with van der Waals surface area (Å²) in [5, 5.41) is 0. The molecule has 0 aromatic heterocycles. The Morgan fingerprint density at radius 3 is 2.50 bits per heavy atom. The summed E-state index contributed by atoms with van der Waals surface area (Å²) in [6.07, 6.45) is 0.148. The van der Waals surface area contributed by atoms with Crippen molar-refractivity contribution in [2.75, 3.05) is 13.7 Å². The molecule has 2 rings (SSSR count). The first-order valence-electron chi connectivity index (χ1n) is 8.13. The lowest BCUT2D eigenvalue weighted by molar-refractivity contribution is -0.143. The Hall–Kier alpha value is -2.33. The quantitative estimate of drug-likeness (QED) is 0.817. The average Bonchev–Trinajstić information content (AvgIpc) is 2.56. The van der Waals surface area contributed by atoms with Crippen molar-refractivity contribution >= 4 is 5.97 Å². The Bertz CT molecular complexity index is 725. The number of rotatable bonds is 6. The maximum atomic E-state index is 11.8. The van der Waals surface area contributed by atoms with Gasteiger partial charge in [0.1, 0.15) is 5.75 Å². The summed E-state index contributed by atoms with van der Waals surface area (Å²) in [7, 11) is 1.63. The van der Waals surface area contributed by atoms with E-state index in [-0.39, 0.29) is 12.4 Å². The molecular weight excluding hydrogens is 302 g/mol. The topological polar surface area (TPSA) is 61.5 Å². The fraction of sp³-hybridized carbons (Fsp3) is 0.350. The van der Waals surface area contributed by atoms with E-state index in [1.165, 1.54) is 5.56 Å². The first kappa shape index (κ1) is 18.0. The molecule has 4 heteroatoms. The number of nitrogens with two attached hydrogens (primary N) is 1. The van der Waals surface area contributed by atoms with Gasteiger partial charge in [0.2, 0.25) is 0 Å². The van der Waals surface area contributed by atoms with Gasteiger partial charge in [0.25, 0.3) is 0 Å². The third-order valence-electron chi connectivity index (χ3n) is 4.18. The molecule has 0 bridgehead atoms. The molecule has 0 amide bonds. The number of esters is 1. The predicted octanol–water partition coefficient (Wildman–Crippen LogP) is 3.93. The molecule has 0 saturated carbocycles. The van der Waals surface area contributed by atoms with Crippen molar-refractivity contribution in [3.8, 4) is 16.9 Å². The fourth-order valence-corrected chi connectivity index (χ4v) is 2.88. The summed E-state index contributed by atoms with van der Waals surface area (Å²) in [6.45, 7) is 6.25. The molecule has 0 spiro atoms. The molecule has 128 valence electrons. The minimum atomic E-state index is -0.429. The molecule has 0 aliphatic carbocycles. The van der Waals surface area contributed by atoms with Gasteiger partial charge in [-0.25, -0.2) is 0 Å². The average molecular weight is 327 g/mol. The summed E-state index contributed by atoms with van der Waals surface area (Å²) in [5.41, 5.74) is 11.6. The first-order chi connectivity index (χ1) is 11.5. The SMILES string of the molecule is CCOC(=O)CC(N)c1cc(OC)cc(-c2ccccc2C)c1C. The van der Waals surface area contributed by atoms with Crippen molar-refractivity contribution in [3.63, 3.8) is 0 Å². The van der Waals surface area contributed by atoms with Crippen LogP contribution in [0.25, 0.3) is 11.1 Å². The van der Waals surface area contributed by atoms with Crippen LogP contribution in [-0.2, 0) is 9.53 Å². The monoisotopic (exact) mass is 327 g/mol. The molecule has 2 aromatic carbocycles. The fourth-order valence-electron chi connectivity index (χ4n) is 2.88. The maximum absolute atomic E-state index is 11.8. The molecule has 0 saturated heterocycles. The molecule has 2 aromatic rings. The highest BCUT2D eigenvalue weighted by molar-refractivity contribution is 5.75. The highest BCUT2D eigenvalue weighted by Gasteiger charge is 2.19. The third-order valence-corrected chi connectivity index (χ3v) is 4.18. The Kier molecular flexibility index (Phi) is 5.99. The van der Waals surface area contributed by atoms with Gasteiger partial charge in [0, 0.05) is 6.04 Å². The summed E-state index contributed by atoms with van der Waals surface area (Å²) < 4.78 is 10.5. The van der Waals surface area contributed by atoms with Crippen LogP contribution in [0.4, 0.5) is 0 Å². The van der Waals surface area contributed by atoms with Crippen molar-refractivity contribution in [1.82, 2.24) is 0 Å². The second kappa shape index (κ2) is 7.97. The Balaban J connectivity index is 2.48. The van der Waals surface area contributed by atoms with Gasteiger partial charge in [-0.05, 0) is 60.7 Å². The van der Waals surface area contributed by atoms with Gasteiger partial charge in [0.15, 0.2) is 0 Å². The summed E-state index contributed by atoms with van der Waals surface area (Å²) in [4.78, 5) is 11.8. The van der Waals surface area contributed by atoms with Gasteiger partial charge < -0.3 is 15.2 Å². The van der Waals surface area contributed by atoms with Gasteiger partial charge in [0.05, 0.1) is 20.1 Å².